The second-order valence-corrected chi connectivity index (χ2v) is 4.63. The number of amides is 1. The van der Waals surface area contributed by atoms with Crippen LogP contribution in [0, 0.1) is 0 Å². The average molecular weight is 306 g/mol. The normalized spacial score (nSPS) is 10.2. The van der Waals surface area contributed by atoms with Gasteiger partial charge in [-0.2, -0.15) is 0 Å². The Morgan fingerprint density at radius 2 is 2.05 bits per heavy atom. The number of aromatic nitrogens is 1. The van der Waals surface area contributed by atoms with Gasteiger partial charge in [0.15, 0.2) is 0 Å². The molecule has 6 nitrogen and oxygen atoms in total. The van der Waals surface area contributed by atoms with Gasteiger partial charge in [-0.15, -0.1) is 0 Å². The molecule has 21 heavy (non-hydrogen) atoms. The molecule has 1 aromatic heterocycles. The Morgan fingerprint density at radius 1 is 1.29 bits per heavy atom. The second-order valence-electron chi connectivity index (χ2n) is 4.19. The summed E-state index contributed by atoms with van der Waals surface area (Å²) in [5, 5.41) is 12.0. The molecule has 108 valence electrons. The van der Waals surface area contributed by atoms with Crippen molar-refractivity contribution in [1.82, 2.24) is 4.98 Å². The molecule has 7 heteroatoms. The molecule has 2 aromatic rings. The minimum Gasteiger partial charge on any atom is -0.478 e. The molecule has 0 spiro atoms. The SMILES string of the molecule is NCc1cc(C(=O)Nc2cc(Cl)ccc2C(=O)O)ccn1. The van der Waals surface area contributed by atoms with Crippen molar-refractivity contribution >= 4 is 29.2 Å². The Labute approximate surface area is 125 Å². The number of rotatable bonds is 4. The fourth-order valence-corrected chi connectivity index (χ4v) is 1.90. The second kappa shape index (κ2) is 6.34. The van der Waals surface area contributed by atoms with Crippen molar-refractivity contribution in [3.05, 3.63) is 58.4 Å². The Morgan fingerprint density at radius 3 is 2.71 bits per heavy atom. The number of carboxylic acid groups (broad SMARTS) is 1. The predicted molar refractivity (Wildman–Crippen MR) is 78.5 cm³/mol. The fraction of sp³-hybridized carbons (Fsp3) is 0.0714. The van der Waals surface area contributed by atoms with Gasteiger partial charge in [0, 0.05) is 23.3 Å². The van der Waals surface area contributed by atoms with E-state index in [1.807, 2.05) is 0 Å². The summed E-state index contributed by atoms with van der Waals surface area (Å²) >= 11 is 5.83. The standard InChI is InChI=1S/C14H12ClN3O3/c15-9-1-2-11(14(20)21)12(6-9)18-13(19)8-3-4-17-10(5-8)7-16/h1-6H,7,16H2,(H,18,19)(H,20,21). The number of nitrogens with two attached hydrogens (primary N) is 1. The van der Waals surface area contributed by atoms with Crippen molar-refractivity contribution < 1.29 is 14.7 Å². The lowest BCUT2D eigenvalue weighted by Gasteiger charge is -2.09. The van der Waals surface area contributed by atoms with Crippen molar-refractivity contribution in [1.29, 1.82) is 0 Å². The number of pyridine rings is 1. The summed E-state index contributed by atoms with van der Waals surface area (Å²) in [6.07, 6.45) is 1.47. The summed E-state index contributed by atoms with van der Waals surface area (Å²) in [5.74, 6) is -1.61. The first kappa shape index (κ1) is 15.0. The Bertz CT molecular complexity index is 704. The molecule has 0 saturated carbocycles. The van der Waals surface area contributed by atoms with Gasteiger partial charge in [0.05, 0.1) is 16.9 Å². The highest BCUT2D eigenvalue weighted by Crippen LogP contribution is 2.22. The van der Waals surface area contributed by atoms with E-state index >= 15 is 0 Å². The minimum absolute atomic E-state index is 0.0409. The Hall–Kier alpha value is -2.44. The highest BCUT2D eigenvalue weighted by Gasteiger charge is 2.14. The zero-order valence-corrected chi connectivity index (χ0v) is 11.6. The molecule has 2 rings (SSSR count). The maximum Gasteiger partial charge on any atom is 0.337 e. The lowest BCUT2D eigenvalue weighted by atomic mass is 10.1. The first-order chi connectivity index (χ1) is 10.0. The number of carboxylic acids is 1. The molecule has 1 amide bonds. The molecular formula is C14H12ClN3O3. The van der Waals surface area contributed by atoms with Crippen molar-refractivity contribution in [2.45, 2.75) is 6.54 Å². The summed E-state index contributed by atoms with van der Waals surface area (Å²) < 4.78 is 0. The average Bonchev–Trinajstić information content (AvgIpc) is 2.47. The Kier molecular flexibility index (Phi) is 4.52. The number of halogens is 1. The zero-order valence-electron chi connectivity index (χ0n) is 10.8. The largest absolute Gasteiger partial charge is 0.478 e. The highest BCUT2D eigenvalue weighted by molar-refractivity contribution is 6.31. The molecular weight excluding hydrogens is 294 g/mol. The molecule has 0 radical (unpaired) electrons. The minimum atomic E-state index is -1.15. The first-order valence-corrected chi connectivity index (χ1v) is 6.38. The fourth-order valence-electron chi connectivity index (χ4n) is 1.73. The van der Waals surface area contributed by atoms with Crippen LogP contribution in [-0.4, -0.2) is 22.0 Å². The van der Waals surface area contributed by atoms with Gasteiger partial charge >= 0.3 is 5.97 Å². The summed E-state index contributed by atoms with van der Waals surface area (Å²) in [7, 11) is 0. The van der Waals surface area contributed by atoms with E-state index in [1.54, 1.807) is 6.07 Å². The van der Waals surface area contributed by atoms with Crippen LogP contribution < -0.4 is 11.1 Å². The van der Waals surface area contributed by atoms with E-state index in [2.05, 4.69) is 10.3 Å². The number of hydrogen-bond donors (Lipinski definition) is 3. The monoisotopic (exact) mass is 305 g/mol. The number of hydrogen-bond acceptors (Lipinski definition) is 4. The van der Waals surface area contributed by atoms with Gasteiger partial charge in [0.1, 0.15) is 0 Å². The molecule has 1 heterocycles. The van der Waals surface area contributed by atoms with Crippen LogP contribution in [0.15, 0.2) is 36.5 Å². The topological polar surface area (TPSA) is 105 Å². The van der Waals surface area contributed by atoms with E-state index in [9.17, 15) is 9.59 Å². The van der Waals surface area contributed by atoms with Gasteiger partial charge in [-0.1, -0.05) is 11.6 Å². The van der Waals surface area contributed by atoms with Crippen LogP contribution in [0.2, 0.25) is 5.02 Å². The smallest absolute Gasteiger partial charge is 0.337 e. The third kappa shape index (κ3) is 3.56. The molecule has 0 atom stereocenters. The van der Waals surface area contributed by atoms with E-state index in [4.69, 9.17) is 22.4 Å². The molecule has 0 aliphatic carbocycles. The summed E-state index contributed by atoms with van der Waals surface area (Å²) in [6, 6.07) is 7.21. The number of carbonyl (C=O) groups is 2. The van der Waals surface area contributed by atoms with Crippen molar-refractivity contribution in [2.24, 2.45) is 5.73 Å². The van der Waals surface area contributed by atoms with E-state index in [-0.39, 0.29) is 17.8 Å². The molecule has 0 bridgehead atoms. The van der Waals surface area contributed by atoms with Gasteiger partial charge in [0.25, 0.3) is 5.91 Å². The predicted octanol–water partition coefficient (Wildman–Crippen LogP) is 2.14. The molecule has 0 saturated heterocycles. The number of benzene rings is 1. The quantitative estimate of drug-likeness (QED) is 0.802. The van der Waals surface area contributed by atoms with Gasteiger partial charge in [-0.3, -0.25) is 9.78 Å². The van der Waals surface area contributed by atoms with E-state index < -0.39 is 11.9 Å². The molecule has 0 aliphatic heterocycles. The molecule has 1 aromatic carbocycles. The summed E-state index contributed by atoms with van der Waals surface area (Å²) in [5.41, 5.74) is 6.45. The summed E-state index contributed by atoms with van der Waals surface area (Å²) in [4.78, 5) is 27.3. The highest BCUT2D eigenvalue weighted by atomic mass is 35.5. The molecule has 0 fully saturated rings. The van der Waals surface area contributed by atoms with Gasteiger partial charge in [0.2, 0.25) is 0 Å². The number of nitrogens with one attached hydrogen (secondary N) is 1. The lowest BCUT2D eigenvalue weighted by Crippen LogP contribution is -2.15. The maximum absolute atomic E-state index is 12.2. The van der Waals surface area contributed by atoms with E-state index in [1.165, 1.54) is 30.5 Å². The van der Waals surface area contributed by atoms with Crippen LogP contribution in [0.5, 0.6) is 0 Å². The van der Waals surface area contributed by atoms with Crippen LogP contribution in [-0.2, 0) is 6.54 Å². The number of anilines is 1. The van der Waals surface area contributed by atoms with Crippen molar-refractivity contribution in [3.8, 4) is 0 Å². The first-order valence-electron chi connectivity index (χ1n) is 6.00. The molecule has 4 N–H and O–H groups in total. The number of nitrogens with zero attached hydrogens (tertiary/aromatic N) is 1. The third-order valence-electron chi connectivity index (χ3n) is 2.75. The van der Waals surface area contributed by atoms with Crippen LogP contribution >= 0.6 is 11.6 Å². The van der Waals surface area contributed by atoms with E-state index in [0.717, 1.165) is 0 Å². The summed E-state index contributed by atoms with van der Waals surface area (Å²) in [6.45, 7) is 0.207. The third-order valence-corrected chi connectivity index (χ3v) is 2.98. The van der Waals surface area contributed by atoms with E-state index in [0.29, 0.717) is 16.3 Å². The number of aromatic carboxylic acids is 1. The molecule has 0 unspecified atom stereocenters. The lowest BCUT2D eigenvalue weighted by molar-refractivity contribution is 0.0698. The van der Waals surface area contributed by atoms with Gasteiger partial charge in [-0.25, -0.2) is 4.79 Å². The van der Waals surface area contributed by atoms with Crippen molar-refractivity contribution in [2.75, 3.05) is 5.32 Å². The van der Waals surface area contributed by atoms with Crippen molar-refractivity contribution in [3.63, 3.8) is 0 Å². The Balaban J connectivity index is 2.30. The van der Waals surface area contributed by atoms with Crippen LogP contribution in [0.1, 0.15) is 26.4 Å². The molecule has 0 aliphatic rings. The van der Waals surface area contributed by atoms with Crippen LogP contribution in [0.4, 0.5) is 5.69 Å². The van der Waals surface area contributed by atoms with Gasteiger partial charge < -0.3 is 16.2 Å². The zero-order chi connectivity index (χ0) is 15.4. The van der Waals surface area contributed by atoms with Gasteiger partial charge in [-0.05, 0) is 30.3 Å². The number of carbonyl (C=O) groups excluding carboxylic acids is 1. The van der Waals surface area contributed by atoms with Crippen LogP contribution in [0.25, 0.3) is 0 Å². The maximum atomic E-state index is 12.2. The van der Waals surface area contributed by atoms with Crippen LogP contribution in [0.3, 0.4) is 0 Å².